The first-order valence-electron chi connectivity index (χ1n) is 9.78. The van der Waals surface area contributed by atoms with Gasteiger partial charge in [-0.25, -0.2) is 9.97 Å². The Balaban J connectivity index is 1.78. The van der Waals surface area contributed by atoms with Crippen molar-refractivity contribution in [2.75, 3.05) is 38.6 Å². The van der Waals surface area contributed by atoms with E-state index < -0.39 is 0 Å². The van der Waals surface area contributed by atoms with Crippen LogP contribution in [0.3, 0.4) is 0 Å². The minimum atomic E-state index is 0.377. The van der Waals surface area contributed by atoms with Crippen molar-refractivity contribution in [1.29, 1.82) is 5.26 Å². The molecule has 2 aromatic heterocycles. The predicted octanol–water partition coefficient (Wildman–Crippen LogP) is 3.10. The smallest absolute Gasteiger partial charge is 0.147 e. The normalized spacial score (nSPS) is 17.3. The molecule has 1 aliphatic rings. The fourth-order valence-corrected chi connectivity index (χ4v) is 3.99. The van der Waals surface area contributed by atoms with Crippen LogP contribution in [0.25, 0.3) is 0 Å². The second kappa shape index (κ2) is 8.53. The molecule has 2 aromatic rings. The Hall–Kier alpha value is -2.39. The van der Waals surface area contributed by atoms with Crippen molar-refractivity contribution >= 4 is 5.82 Å². The van der Waals surface area contributed by atoms with Gasteiger partial charge in [0.15, 0.2) is 0 Å². The fraction of sp³-hybridized carbons (Fsp3) is 0.571. The summed E-state index contributed by atoms with van der Waals surface area (Å²) in [4.78, 5) is 13.9. The average Bonchev–Trinajstić information content (AvgIpc) is 3.09. The maximum atomic E-state index is 9.62. The number of piperidine rings is 1. The monoisotopic (exact) mass is 366 g/mol. The minimum Gasteiger partial charge on any atom is -0.355 e. The molecule has 3 heterocycles. The summed E-state index contributed by atoms with van der Waals surface area (Å²) >= 11 is 0. The fourth-order valence-electron chi connectivity index (χ4n) is 3.99. The molecule has 1 atom stereocenters. The van der Waals surface area contributed by atoms with Crippen LogP contribution >= 0.6 is 0 Å². The van der Waals surface area contributed by atoms with E-state index in [2.05, 4.69) is 45.7 Å². The molecule has 1 fully saturated rings. The molecular formula is C21H30N6. The molecule has 0 aromatic carbocycles. The predicted molar refractivity (Wildman–Crippen MR) is 108 cm³/mol. The summed E-state index contributed by atoms with van der Waals surface area (Å²) in [6.45, 7) is 7.88. The Kier molecular flexibility index (Phi) is 6.12. The zero-order valence-corrected chi connectivity index (χ0v) is 16.9. The summed E-state index contributed by atoms with van der Waals surface area (Å²) in [7, 11) is 4.22. The van der Waals surface area contributed by atoms with Crippen LogP contribution in [0.4, 0.5) is 5.82 Å². The number of aryl methyl sites for hydroxylation is 3. The molecule has 0 saturated carbocycles. The Morgan fingerprint density at radius 3 is 2.89 bits per heavy atom. The molecule has 6 nitrogen and oxygen atoms in total. The molecule has 3 rings (SSSR count). The van der Waals surface area contributed by atoms with Crippen molar-refractivity contribution in [3.63, 3.8) is 0 Å². The lowest BCUT2D eigenvalue weighted by Gasteiger charge is -2.34. The third-order valence-electron chi connectivity index (χ3n) is 5.28. The first-order chi connectivity index (χ1) is 13.0. The van der Waals surface area contributed by atoms with Gasteiger partial charge in [0.05, 0.1) is 5.56 Å². The van der Waals surface area contributed by atoms with Gasteiger partial charge >= 0.3 is 0 Å². The van der Waals surface area contributed by atoms with E-state index in [-0.39, 0.29) is 0 Å². The van der Waals surface area contributed by atoms with E-state index in [1.54, 1.807) is 0 Å². The van der Waals surface area contributed by atoms with Gasteiger partial charge in [-0.1, -0.05) is 0 Å². The summed E-state index contributed by atoms with van der Waals surface area (Å²) in [6, 6.07) is 4.35. The van der Waals surface area contributed by atoms with Gasteiger partial charge in [-0.3, -0.25) is 0 Å². The molecule has 0 aliphatic carbocycles. The highest BCUT2D eigenvalue weighted by Crippen LogP contribution is 2.31. The molecule has 0 spiro atoms. The first-order valence-corrected chi connectivity index (χ1v) is 9.78. The van der Waals surface area contributed by atoms with E-state index >= 15 is 0 Å². The topological polar surface area (TPSA) is 61.0 Å². The van der Waals surface area contributed by atoms with Crippen LogP contribution in [-0.4, -0.2) is 53.2 Å². The second-order valence-corrected chi connectivity index (χ2v) is 7.81. The number of anilines is 1. The van der Waals surface area contributed by atoms with Crippen molar-refractivity contribution < 1.29 is 0 Å². The number of nitriles is 1. The van der Waals surface area contributed by atoms with Gasteiger partial charge in [-0.2, -0.15) is 5.26 Å². The summed E-state index contributed by atoms with van der Waals surface area (Å²) in [5.74, 6) is 2.38. The van der Waals surface area contributed by atoms with Crippen LogP contribution < -0.4 is 4.90 Å². The van der Waals surface area contributed by atoms with Crippen molar-refractivity contribution in [3.8, 4) is 6.07 Å². The lowest BCUT2D eigenvalue weighted by atomic mass is 9.96. The number of nitrogens with zero attached hydrogens (tertiary/aromatic N) is 6. The van der Waals surface area contributed by atoms with Crippen LogP contribution in [-0.2, 0) is 6.54 Å². The highest BCUT2D eigenvalue weighted by Gasteiger charge is 2.27. The molecule has 144 valence electrons. The molecule has 0 radical (unpaired) electrons. The van der Waals surface area contributed by atoms with Crippen molar-refractivity contribution in [3.05, 3.63) is 41.1 Å². The van der Waals surface area contributed by atoms with Crippen molar-refractivity contribution in [2.45, 2.75) is 45.6 Å². The van der Waals surface area contributed by atoms with Gasteiger partial charge in [0, 0.05) is 43.6 Å². The zero-order valence-electron chi connectivity index (χ0n) is 16.9. The van der Waals surface area contributed by atoms with E-state index in [9.17, 15) is 5.26 Å². The van der Waals surface area contributed by atoms with Crippen molar-refractivity contribution in [2.24, 2.45) is 0 Å². The van der Waals surface area contributed by atoms with E-state index in [0.717, 1.165) is 62.5 Å². The summed E-state index contributed by atoms with van der Waals surface area (Å²) in [5.41, 5.74) is 2.68. The SMILES string of the molecule is Cc1cc(C)c(C#N)c(N2CCC[C@H](c3nccn3CCCN(C)C)C2)n1. The summed E-state index contributed by atoms with van der Waals surface area (Å²) < 4.78 is 2.30. The van der Waals surface area contributed by atoms with E-state index in [0.29, 0.717) is 11.5 Å². The summed E-state index contributed by atoms with van der Waals surface area (Å²) in [5, 5.41) is 9.62. The van der Waals surface area contributed by atoms with Crippen LogP contribution in [0.5, 0.6) is 0 Å². The third kappa shape index (κ3) is 4.48. The Morgan fingerprint density at radius 1 is 1.33 bits per heavy atom. The molecule has 6 heteroatoms. The molecule has 27 heavy (non-hydrogen) atoms. The number of imidazole rings is 1. The van der Waals surface area contributed by atoms with Gasteiger partial charge in [0.1, 0.15) is 17.7 Å². The van der Waals surface area contributed by atoms with Gasteiger partial charge in [-0.05, 0) is 65.4 Å². The molecule has 0 amide bonds. The lowest BCUT2D eigenvalue weighted by Crippen LogP contribution is -2.36. The first kappa shape index (κ1) is 19.4. The quantitative estimate of drug-likeness (QED) is 0.786. The van der Waals surface area contributed by atoms with Gasteiger partial charge in [0.25, 0.3) is 0 Å². The van der Waals surface area contributed by atoms with Gasteiger partial charge in [0.2, 0.25) is 0 Å². The minimum absolute atomic E-state index is 0.377. The molecule has 0 N–H and O–H groups in total. The number of hydrogen-bond acceptors (Lipinski definition) is 5. The molecule has 1 aliphatic heterocycles. The standard InChI is InChI=1S/C21H30N6/c1-16-13-17(2)24-21(19(16)14-22)27-10-5-7-18(15-27)20-23-8-12-26(20)11-6-9-25(3)4/h8,12-13,18H,5-7,9-11,15H2,1-4H3/t18-/m0/s1. The van der Waals surface area contributed by atoms with Crippen LogP contribution in [0.1, 0.15) is 47.8 Å². The molecular weight excluding hydrogens is 336 g/mol. The highest BCUT2D eigenvalue weighted by molar-refractivity contribution is 5.58. The molecule has 0 unspecified atom stereocenters. The van der Waals surface area contributed by atoms with Gasteiger partial charge < -0.3 is 14.4 Å². The average molecular weight is 367 g/mol. The number of rotatable bonds is 6. The lowest BCUT2D eigenvalue weighted by molar-refractivity contribution is 0.380. The van der Waals surface area contributed by atoms with E-state index in [4.69, 9.17) is 4.98 Å². The second-order valence-electron chi connectivity index (χ2n) is 7.81. The maximum absolute atomic E-state index is 9.62. The Labute approximate surface area is 162 Å². The van der Waals surface area contributed by atoms with Crippen LogP contribution in [0.15, 0.2) is 18.5 Å². The molecule has 1 saturated heterocycles. The van der Waals surface area contributed by atoms with E-state index in [1.165, 1.54) is 5.82 Å². The zero-order chi connectivity index (χ0) is 19.4. The highest BCUT2D eigenvalue weighted by atomic mass is 15.2. The number of hydrogen-bond donors (Lipinski definition) is 0. The molecule has 0 bridgehead atoms. The van der Waals surface area contributed by atoms with Crippen LogP contribution in [0, 0.1) is 25.2 Å². The van der Waals surface area contributed by atoms with E-state index in [1.807, 2.05) is 26.1 Å². The Bertz CT molecular complexity index is 817. The largest absolute Gasteiger partial charge is 0.355 e. The number of aromatic nitrogens is 3. The summed E-state index contributed by atoms with van der Waals surface area (Å²) in [6.07, 6.45) is 7.35. The maximum Gasteiger partial charge on any atom is 0.147 e. The van der Waals surface area contributed by atoms with Crippen LogP contribution in [0.2, 0.25) is 0 Å². The Morgan fingerprint density at radius 2 is 2.15 bits per heavy atom. The third-order valence-corrected chi connectivity index (χ3v) is 5.28. The van der Waals surface area contributed by atoms with Crippen molar-refractivity contribution in [1.82, 2.24) is 19.4 Å². The number of pyridine rings is 1. The van der Waals surface area contributed by atoms with Gasteiger partial charge in [-0.15, -0.1) is 0 Å².